The SMILES string of the molecule is CCS(=O)(=O)c1cc(C2CC2)cnc1-c1ncc2c(OCC(F)(F)C(F)(F)F)nccn12. The van der Waals surface area contributed by atoms with Gasteiger partial charge in [0.2, 0.25) is 5.88 Å². The maximum absolute atomic E-state index is 13.2. The molecule has 0 unspecified atom stereocenters. The molecule has 0 aromatic carbocycles. The molecule has 0 radical (unpaired) electrons. The standard InChI is InChI=1S/C19H17F5N4O3S/c1-2-32(29,30)14-7-12(11-3-4-11)8-26-15(14)16-27-9-13-17(25-5-6-28(13)16)31-10-18(20,21)19(22,23)24/h5-9,11H,2-4,10H2,1H3. The number of alkyl halides is 5. The maximum Gasteiger partial charge on any atom is 0.456 e. The third-order valence-corrected chi connectivity index (χ3v) is 6.82. The molecule has 4 rings (SSSR count). The van der Waals surface area contributed by atoms with E-state index >= 15 is 0 Å². The molecule has 13 heteroatoms. The molecule has 0 spiro atoms. The molecule has 0 N–H and O–H groups in total. The Balaban J connectivity index is 1.77. The van der Waals surface area contributed by atoms with E-state index in [-0.39, 0.29) is 33.6 Å². The zero-order valence-corrected chi connectivity index (χ0v) is 17.4. The van der Waals surface area contributed by atoms with Gasteiger partial charge in [0.15, 0.2) is 22.3 Å². The third-order valence-electron chi connectivity index (χ3n) is 5.08. The fourth-order valence-corrected chi connectivity index (χ4v) is 4.16. The summed E-state index contributed by atoms with van der Waals surface area (Å²) in [5.74, 6) is -5.46. The lowest BCUT2D eigenvalue weighted by Gasteiger charge is -2.19. The number of nitrogens with zero attached hydrogens (tertiary/aromatic N) is 4. The smallest absolute Gasteiger partial charge is 0.456 e. The summed E-state index contributed by atoms with van der Waals surface area (Å²) in [6.45, 7) is -0.475. The van der Waals surface area contributed by atoms with Crippen molar-refractivity contribution in [1.82, 2.24) is 19.4 Å². The quantitative estimate of drug-likeness (QED) is 0.479. The van der Waals surface area contributed by atoms with Crippen LogP contribution in [-0.2, 0) is 9.84 Å². The Morgan fingerprint density at radius 3 is 2.47 bits per heavy atom. The number of rotatable bonds is 7. The fourth-order valence-electron chi connectivity index (χ4n) is 3.09. The Labute approximate surface area is 179 Å². The topological polar surface area (TPSA) is 86.5 Å². The van der Waals surface area contributed by atoms with Crippen LogP contribution in [0.3, 0.4) is 0 Å². The minimum Gasteiger partial charge on any atom is -0.469 e. The number of pyridine rings is 1. The first-order valence-electron chi connectivity index (χ1n) is 9.57. The van der Waals surface area contributed by atoms with Crippen LogP contribution in [-0.4, -0.2) is 52.2 Å². The highest BCUT2D eigenvalue weighted by Crippen LogP contribution is 2.42. The molecule has 3 aromatic rings. The van der Waals surface area contributed by atoms with Crippen LogP contribution >= 0.6 is 0 Å². The average Bonchev–Trinajstić information content (AvgIpc) is 3.50. The van der Waals surface area contributed by atoms with E-state index in [1.807, 2.05) is 0 Å². The highest BCUT2D eigenvalue weighted by atomic mass is 32.2. The molecule has 0 atom stereocenters. The molecule has 0 saturated heterocycles. The lowest BCUT2D eigenvalue weighted by molar-refractivity contribution is -0.290. The summed E-state index contributed by atoms with van der Waals surface area (Å²) in [5.41, 5.74) is 0.809. The number of ether oxygens (including phenoxy) is 1. The molecule has 3 heterocycles. The van der Waals surface area contributed by atoms with Gasteiger partial charge in [0.05, 0.1) is 16.8 Å². The van der Waals surface area contributed by atoms with Gasteiger partial charge in [-0.05, 0) is 30.4 Å². The van der Waals surface area contributed by atoms with E-state index in [1.165, 1.54) is 17.5 Å². The number of fused-ring (bicyclic) bond motifs is 1. The van der Waals surface area contributed by atoms with Crippen molar-refractivity contribution < 1.29 is 35.1 Å². The van der Waals surface area contributed by atoms with Crippen LogP contribution in [0.25, 0.3) is 17.0 Å². The van der Waals surface area contributed by atoms with Gasteiger partial charge >= 0.3 is 12.1 Å². The van der Waals surface area contributed by atoms with E-state index in [2.05, 4.69) is 19.7 Å². The second-order valence-electron chi connectivity index (χ2n) is 7.35. The number of hydrogen-bond acceptors (Lipinski definition) is 6. The van der Waals surface area contributed by atoms with Crippen LogP contribution < -0.4 is 4.74 Å². The Kier molecular flexibility index (Phi) is 5.34. The summed E-state index contributed by atoms with van der Waals surface area (Å²) < 4.78 is 95.1. The van der Waals surface area contributed by atoms with Gasteiger partial charge < -0.3 is 4.74 Å². The van der Waals surface area contributed by atoms with Crippen LogP contribution in [0, 0.1) is 0 Å². The Bertz CT molecular complexity index is 1270. The fraction of sp³-hybridized carbons (Fsp3) is 0.421. The molecule has 1 aliphatic rings. The first-order chi connectivity index (χ1) is 14.9. The number of hydrogen-bond donors (Lipinski definition) is 0. The Morgan fingerprint density at radius 1 is 1.12 bits per heavy atom. The summed E-state index contributed by atoms with van der Waals surface area (Å²) in [5, 5.41) is 0. The lowest BCUT2D eigenvalue weighted by atomic mass is 10.2. The van der Waals surface area contributed by atoms with Crippen LogP contribution in [0.2, 0.25) is 0 Å². The molecule has 3 aromatic heterocycles. The predicted octanol–water partition coefficient (Wildman–Crippen LogP) is 4.04. The first-order valence-corrected chi connectivity index (χ1v) is 11.2. The number of imidazole rings is 1. The van der Waals surface area contributed by atoms with Crippen LogP contribution in [0.4, 0.5) is 22.0 Å². The van der Waals surface area contributed by atoms with E-state index in [4.69, 9.17) is 0 Å². The minimum absolute atomic E-state index is 0.0200. The Hall–Kier alpha value is -2.83. The van der Waals surface area contributed by atoms with Crippen molar-refractivity contribution in [3.8, 4) is 17.4 Å². The van der Waals surface area contributed by atoms with E-state index in [1.54, 1.807) is 12.3 Å². The average molecular weight is 476 g/mol. The van der Waals surface area contributed by atoms with E-state index < -0.39 is 34.4 Å². The summed E-state index contributed by atoms with van der Waals surface area (Å²) in [6.07, 6.45) is 1.27. The van der Waals surface area contributed by atoms with Gasteiger partial charge in [0.25, 0.3) is 0 Å². The summed E-state index contributed by atoms with van der Waals surface area (Å²) in [4.78, 5) is 12.1. The van der Waals surface area contributed by atoms with Gasteiger partial charge in [0, 0.05) is 18.6 Å². The number of sulfone groups is 1. The Morgan fingerprint density at radius 2 is 1.84 bits per heavy atom. The van der Waals surface area contributed by atoms with Crippen molar-refractivity contribution in [3.05, 3.63) is 36.4 Å². The van der Waals surface area contributed by atoms with Crippen molar-refractivity contribution in [3.63, 3.8) is 0 Å². The molecule has 1 aliphatic carbocycles. The van der Waals surface area contributed by atoms with Crippen LogP contribution in [0.5, 0.6) is 5.88 Å². The molecule has 1 fully saturated rings. The van der Waals surface area contributed by atoms with Gasteiger partial charge in [-0.2, -0.15) is 22.0 Å². The summed E-state index contributed by atoms with van der Waals surface area (Å²) >= 11 is 0. The highest BCUT2D eigenvalue weighted by molar-refractivity contribution is 7.91. The predicted molar refractivity (Wildman–Crippen MR) is 102 cm³/mol. The minimum atomic E-state index is -5.78. The maximum atomic E-state index is 13.2. The molecule has 172 valence electrons. The highest BCUT2D eigenvalue weighted by Gasteiger charge is 2.58. The van der Waals surface area contributed by atoms with Gasteiger partial charge in [-0.1, -0.05) is 6.92 Å². The second-order valence-corrected chi connectivity index (χ2v) is 9.60. The summed E-state index contributed by atoms with van der Waals surface area (Å²) in [6, 6.07) is 1.56. The van der Waals surface area contributed by atoms with Crippen molar-refractivity contribution in [1.29, 1.82) is 0 Å². The molecule has 7 nitrogen and oxygen atoms in total. The van der Waals surface area contributed by atoms with E-state index in [0.29, 0.717) is 0 Å². The van der Waals surface area contributed by atoms with Gasteiger partial charge in [-0.25, -0.2) is 18.4 Å². The second kappa shape index (κ2) is 7.64. The lowest BCUT2D eigenvalue weighted by Crippen LogP contribution is -2.41. The van der Waals surface area contributed by atoms with Crippen molar-refractivity contribution >= 4 is 15.4 Å². The van der Waals surface area contributed by atoms with Gasteiger partial charge in [-0.15, -0.1) is 0 Å². The van der Waals surface area contributed by atoms with E-state index in [0.717, 1.165) is 30.8 Å². The van der Waals surface area contributed by atoms with Gasteiger partial charge in [0.1, 0.15) is 11.2 Å². The monoisotopic (exact) mass is 476 g/mol. The van der Waals surface area contributed by atoms with Gasteiger partial charge in [-0.3, -0.25) is 9.38 Å². The molecule has 0 aliphatic heterocycles. The molecule has 32 heavy (non-hydrogen) atoms. The van der Waals surface area contributed by atoms with Crippen molar-refractivity contribution in [2.75, 3.05) is 12.4 Å². The summed E-state index contributed by atoms with van der Waals surface area (Å²) in [7, 11) is -3.69. The molecular weight excluding hydrogens is 459 g/mol. The van der Waals surface area contributed by atoms with Crippen molar-refractivity contribution in [2.24, 2.45) is 0 Å². The zero-order valence-electron chi connectivity index (χ0n) is 16.6. The molecule has 1 saturated carbocycles. The first kappa shape index (κ1) is 22.4. The third kappa shape index (κ3) is 4.00. The van der Waals surface area contributed by atoms with Crippen LogP contribution in [0.1, 0.15) is 31.2 Å². The number of aromatic nitrogens is 4. The largest absolute Gasteiger partial charge is 0.469 e. The normalized spacial score (nSPS) is 15.3. The van der Waals surface area contributed by atoms with E-state index in [9.17, 15) is 30.4 Å². The zero-order chi connectivity index (χ0) is 23.3. The number of halogens is 5. The molecule has 0 bridgehead atoms. The molecular formula is C19H17F5N4O3S. The molecule has 0 amide bonds. The van der Waals surface area contributed by atoms with Crippen molar-refractivity contribution in [2.45, 2.75) is 42.7 Å². The van der Waals surface area contributed by atoms with Crippen LogP contribution in [0.15, 0.2) is 35.7 Å².